The largest absolute Gasteiger partial charge is 0.457 e. The molecule has 0 fully saturated rings. The van der Waals surface area contributed by atoms with Gasteiger partial charge >= 0.3 is 6.18 Å². The van der Waals surface area contributed by atoms with Crippen LogP contribution in [0.3, 0.4) is 0 Å². The van der Waals surface area contributed by atoms with Crippen LogP contribution in [-0.2, 0) is 32.0 Å². The van der Waals surface area contributed by atoms with Crippen LogP contribution in [0, 0.1) is 0 Å². The van der Waals surface area contributed by atoms with Crippen molar-refractivity contribution in [2.75, 3.05) is 0 Å². The molecule has 0 radical (unpaired) electrons. The number of ether oxygens (including phenoxy) is 1. The van der Waals surface area contributed by atoms with Crippen LogP contribution in [0.2, 0.25) is 0 Å². The fraction of sp³-hybridized carbons (Fsp3) is 0.429. The number of fused-ring (bicyclic) bond motifs is 4. The van der Waals surface area contributed by atoms with Crippen molar-refractivity contribution in [2.24, 2.45) is 0 Å². The second-order valence-electron chi connectivity index (χ2n) is 9.55. The summed E-state index contributed by atoms with van der Waals surface area (Å²) in [6.45, 7) is 3.07. The van der Waals surface area contributed by atoms with Gasteiger partial charge in [-0.2, -0.15) is 13.2 Å². The predicted molar refractivity (Wildman–Crippen MR) is 137 cm³/mol. The lowest BCUT2D eigenvalue weighted by Gasteiger charge is -2.25. The molecule has 11 heteroatoms. The maximum Gasteiger partial charge on any atom is 0.389 e. The first-order valence-corrected chi connectivity index (χ1v) is 12.8. The summed E-state index contributed by atoms with van der Waals surface area (Å²) in [5.41, 5.74) is 1.28. The second kappa shape index (κ2) is 13.3. The summed E-state index contributed by atoms with van der Waals surface area (Å²) in [6, 6.07) is 10.3. The third-order valence-corrected chi connectivity index (χ3v) is 6.18. The lowest BCUT2D eigenvalue weighted by Crippen LogP contribution is -2.56. The van der Waals surface area contributed by atoms with Gasteiger partial charge in [0, 0.05) is 19.8 Å². The number of hydrogen-bond donors (Lipinski definition) is 3. The molecular weight excluding hydrogens is 515 g/mol. The zero-order valence-corrected chi connectivity index (χ0v) is 21.8. The molecule has 0 aliphatic carbocycles. The topological polar surface area (TPSA) is 114 Å². The Balaban J connectivity index is 2.01. The number of ketones is 1. The van der Waals surface area contributed by atoms with E-state index in [4.69, 9.17) is 4.74 Å². The number of nitrogens with one attached hydrogen (secondary N) is 3. The number of carbonyl (C=O) groups excluding carboxylic acids is 4. The molecule has 1 heterocycles. The maximum absolute atomic E-state index is 13.2. The minimum Gasteiger partial charge on any atom is -0.457 e. The predicted octanol–water partition coefficient (Wildman–Crippen LogP) is 3.76. The van der Waals surface area contributed by atoms with Crippen LogP contribution in [0.4, 0.5) is 13.2 Å². The smallest absolute Gasteiger partial charge is 0.389 e. The minimum atomic E-state index is -4.53. The Morgan fingerprint density at radius 1 is 0.974 bits per heavy atom. The highest BCUT2D eigenvalue weighted by Gasteiger charge is 2.32. The fourth-order valence-corrected chi connectivity index (χ4v) is 4.32. The summed E-state index contributed by atoms with van der Waals surface area (Å²) < 4.78 is 44.5. The number of halogens is 3. The standard InChI is InChI=1S/C28H32F3N3O5/c1-3-6-22-26(37)34-23(25(36)11-12-28(29,30)31)15-18-7-4-9-20(13-18)39-21-10-5-8-19(14-21)16-24(27(38)33-22)32-17(2)35/h4-5,7-10,13-14,22-24H,3,6,11-12,15-16H2,1-2H3,(H,32,35)(H,33,38)(H,34,37)/t22-,23-,24-/m0/s1. The minimum absolute atomic E-state index is 0.0685. The van der Waals surface area contributed by atoms with Gasteiger partial charge in [-0.25, -0.2) is 0 Å². The number of Topliss-reactive ketones (excluding diaryl/α,β-unsaturated/α-hetero) is 1. The molecule has 210 valence electrons. The Bertz CT molecular complexity index is 1200. The number of carbonyl (C=O) groups is 4. The van der Waals surface area contributed by atoms with E-state index in [1.165, 1.54) is 6.92 Å². The molecule has 3 rings (SSSR count). The summed E-state index contributed by atoms with van der Waals surface area (Å²) in [5.74, 6) is -1.64. The molecule has 0 saturated heterocycles. The van der Waals surface area contributed by atoms with Crippen molar-refractivity contribution in [3.8, 4) is 11.5 Å². The molecule has 4 bridgehead atoms. The highest BCUT2D eigenvalue weighted by Crippen LogP contribution is 2.26. The molecule has 0 unspecified atom stereocenters. The summed E-state index contributed by atoms with van der Waals surface area (Å²) in [4.78, 5) is 51.2. The summed E-state index contributed by atoms with van der Waals surface area (Å²) in [7, 11) is 0. The van der Waals surface area contributed by atoms with Crippen LogP contribution >= 0.6 is 0 Å². The molecule has 1 aliphatic heterocycles. The molecule has 39 heavy (non-hydrogen) atoms. The van der Waals surface area contributed by atoms with Crippen LogP contribution in [0.15, 0.2) is 48.5 Å². The van der Waals surface area contributed by atoms with Crippen molar-refractivity contribution in [1.82, 2.24) is 16.0 Å². The van der Waals surface area contributed by atoms with Crippen LogP contribution in [0.1, 0.15) is 50.7 Å². The molecular formula is C28H32F3N3O5. The van der Waals surface area contributed by atoms with Gasteiger partial charge in [0.15, 0.2) is 5.78 Å². The summed E-state index contributed by atoms with van der Waals surface area (Å²) in [6.07, 6.45) is -5.89. The van der Waals surface area contributed by atoms with Gasteiger partial charge in [0.1, 0.15) is 23.6 Å². The monoisotopic (exact) mass is 547 g/mol. The van der Waals surface area contributed by atoms with E-state index in [-0.39, 0.29) is 19.3 Å². The molecule has 3 atom stereocenters. The van der Waals surface area contributed by atoms with E-state index >= 15 is 0 Å². The summed E-state index contributed by atoms with van der Waals surface area (Å²) in [5, 5.41) is 7.81. The van der Waals surface area contributed by atoms with Gasteiger partial charge in [-0.05, 0) is 48.2 Å². The Hall–Kier alpha value is -3.89. The Morgan fingerprint density at radius 3 is 2.15 bits per heavy atom. The van der Waals surface area contributed by atoms with Gasteiger partial charge < -0.3 is 20.7 Å². The molecule has 3 amide bonds. The van der Waals surface area contributed by atoms with Gasteiger partial charge in [0.05, 0.1) is 12.5 Å². The molecule has 0 aromatic heterocycles. The average molecular weight is 548 g/mol. The Morgan fingerprint density at radius 2 is 1.59 bits per heavy atom. The summed E-state index contributed by atoms with van der Waals surface area (Å²) >= 11 is 0. The molecule has 2 aromatic rings. The van der Waals surface area contributed by atoms with Gasteiger partial charge in [-0.15, -0.1) is 0 Å². The van der Waals surface area contributed by atoms with Crippen molar-refractivity contribution >= 4 is 23.5 Å². The average Bonchev–Trinajstić information content (AvgIpc) is 2.85. The highest BCUT2D eigenvalue weighted by molar-refractivity contribution is 5.94. The van der Waals surface area contributed by atoms with Crippen LogP contribution in [-0.4, -0.2) is 47.8 Å². The van der Waals surface area contributed by atoms with E-state index in [9.17, 15) is 32.3 Å². The first-order valence-electron chi connectivity index (χ1n) is 12.8. The van der Waals surface area contributed by atoms with Crippen molar-refractivity contribution in [1.29, 1.82) is 0 Å². The molecule has 8 nitrogen and oxygen atoms in total. The quantitative estimate of drug-likeness (QED) is 0.510. The molecule has 2 aromatic carbocycles. The second-order valence-corrected chi connectivity index (χ2v) is 9.55. The number of alkyl halides is 3. The third-order valence-electron chi connectivity index (χ3n) is 6.18. The number of benzene rings is 2. The van der Waals surface area contributed by atoms with Crippen molar-refractivity contribution in [3.63, 3.8) is 0 Å². The Kier molecular flexibility index (Phi) is 10.1. The van der Waals surface area contributed by atoms with Gasteiger partial charge in [-0.1, -0.05) is 37.6 Å². The van der Waals surface area contributed by atoms with E-state index in [1.807, 2.05) is 0 Å². The van der Waals surface area contributed by atoms with Crippen molar-refractivity contribution in [3.05, 3.63) is 59.7 Å². The molecule has 0 saturated carbocycles. The van der Waals surface area contributed by atoms with Crippen LogP contribution in [0.25, 0.3) is 0 Å². The van der Waals surface area contributed by atoms with Crippen LogP contribution in [0.5, 0.6) is 11.5 Å². The fourth-order valence-electron chi connectivity index (χ4n) is 4.32. The van der Waals surface area contributed by atoms with Crippen LogP contribution < -0.4 is 20.7 Å². The van der Waals surface area contributed by atoms with E-state index in [2.05, 4.69) is 16.0 Å². The number of amides is 3. The van der Waals surface area contributed by atoms with Gasteiger partial charge in [-0.3, -0.25) is 19.2 Å². The SMILES string of the molecule is CCC[C@@H]1NC(=O)[C@@H](NC(C)=O)Cc2cccc(c2)Oc2cccc(c2)C[C@@H](C(=O)CCC(F)(F)F)NC1=O. The normalized spacial score (nSPS) is 20.3. The zero-order chi connectivity index (χ0) is 28.6. The van der Waals surface area contributed by atoms with Crippen molar-refractivity contribution < 1.29 is 37.1 Å². The van der Waals surface area contributed by atoms with E-state index in [1.54, 1.807) is 55.5 Å². The van der Waals surface area contributed by atoms with Gasteiger partial charge in [0.25, 0.3) is 0 Å². The maximum atomic E-state index is 13.2. The van der Waals surface area contributed by atoms with E-state index in [0.717, 1.165) is 0 Å². The lowest BCUT2D eigenvalue weighted by molar-refractivity contribution is -0.144. The third kappa shape index (κ3) is 9.42. The highest BCUT2D eigenvalue weighted by atomic mass is 19.4. The number of hydrogen-bond acceptors (Lipinski definition) is 5. The molecule has 0 spiro atoms. The van der Waals surface area contributed by atoms with E-state index < -0.39 is 60.6 Å². The van der Waals surface area contributed by atoms with Crippen molar-refractivity contribution in [2.45, 2.75) is 76.7 Å². The Labute approximate surface area is 224 Å². The first kappa shape index (κ1) is 29.7. The zero-order valence-electron chi connectivity index (χ0n) is 21.8. The molecule has 1 aliphatic rings. The lowest BCUT2D eigenvalue weighted by atomic mass is 9.98. The van der Waals surface area contributed by atoms with E-state index in [0.29, 0.717) is 29.0 Å². The van der Waals surface area contributed by atoms with Gasteiger partial charge in [0.2, 0.25) is 17.7 Å². The molecule has 3 N–H and O–H groups in total. The first-order chi connectivity index (χ1) is 18.4. The number of rotatable bonds is 6.